The third kappa shape index (κ3) is 7.87. The monoisotopic (exact) mass is 410 g/mol. The molecule has 1 aliphatic rings. The van der Waals surface area contributed by atoms with Gasteiger partial charge in [0.1, 0.15) is 0 Å². The van der Waals surface area contributed by atoms with Gasteiger partial charge in [0.2, 0.25) is 5.91 Å². The van der Waals surface area contributed by atoms with Crippen molar-refractivity contribution in [2.75, 3.05) is 26.7 Å². The lowest BCUT2D eigenvalue weighted by molar-refractivity contribution is -0.129. The molecule has 1 fully saturated rings. The number of hydrogen-bond donors (Lipinski definition) is 2. The molecule has 0 radical (unpaired) electrons. The van der Waals surface area contributed by atoms with Crippen molar-refractivity contribution in [1.82, 2.24) is 15.5 Å². The van der Waals surface area contributed by atoms with Crippen LogP contribution in [0.3, 0.4) is 0 Å². The molecular formula is C15H31IN4O. The van der Waals surface area contributed by atoms with E-state index in [9.17, 15) is 4.79 Å². The Morgan fingerprint density at radius 1 is 1.43 bits per heavy atom. The van der Waals surface area contributed by atoms with Gasteiger partial charge >= 0.3 is 0 Å². The minimum Gasteiger partial charge on any atom is -0.356 e. The molecule has 1 amide bonds. The van der Waals surface area contributed by atoms with E-state index in [-0.39, 0.29) is 29.9 Å². The zero-order chi connectivity index (χ0) is 15.0. The van der Waals surface area contributed by atoms with E-state index < -0.39 is 0 Å². The van der Waals surface area contributed by atoms with Crippen LogP contribution < -0.4 is 10.6 Å². The zero-order valence-corrected chi connectivity index (χ0v) is 16.1. The molecule has 1 aliphatic heterocycles. The van der Waals surface area contributed by atoms with Gasteiger partial charge in [-0.25, -0.2) is 0 Å². The van der Waals surface area contributed by atoms with Crippen molar-refractivity contribution in [2.45, 2.75) is 52.5 Å². The van der Waals surface area contributed by atoms with Crippen molar-refractivity contribution in [2.24, 2.45) is 10.9 Å². The molecule has 124 valence electrons. The molecule has 0 aromatic rings. The molecule has 5 nitrogen and oxygen atoms in total. The van der Waals surface area contributed by atoms with Crippen molar-refractivity contribution in [3.05, 3.63) is 0 Å². The van der Waals surface area contributed by atoms with Gasteiger partial charge in [0.05, 0.1) is 0 Å². The highest BCUT2D eigenvalue weighted by atomic mass is 127. The average molecular weight is 410 g/mol. The van der Waals surface area contributed by atoms with Crippen LogP contribution in [0.1, 0.15) is 46.5 Å². The first-order valence-corrected chi connectivity index (χ1v) is 7.81. The maximum absolute atomic E-state index is 11.6. The predicted molar refractivity (Wildman–Crippen MR) is 99.3 cm³/mol. The smallest absolute Gasteiger partial charge is 0.222 e. The Morgan fingerprint density at radius 3 is 2.71 bits per heavy atom. The van der Waals surface area contributed by atoms with Crippen molar-refractivity contribution in [3.8, 4) is 0 Å². The minimum absolute atomic E-state index is 0. The number of guanidine groups is 1. The summed E-state index contributed by atoms with van der Waals surface area (Å²) in [5, 5.41) is 6.75. The molecule has 2 N–H and O–H groups in total. The predicted octanol–water partition coefficient (Wildman–Crippen LogP) is 2.22. The molecule has 1 unspecified atom stereocenters. The summed E-state index contributed by atoms with van der Waals surface area (Å²) in [7, 11) is 1.79. The van der Waals surface area contributed by atoms with Gasteiger partial charge in [-0.3, -0.25) is 9.79 Å². The normalized spacial score (nSPS) is 18.6. The number of carbonyl (C=O) groups is 1. The molecule has 21 heavy (non-hydrogen) atoms. The fraction of sp³-hybridized carbons (Fsp3) is 0.867. The van der Waals surface area contributed by atoms with E-state index in [0.717, 1.165) is 44.4 Å². The highest BCUT2D eigenvalue weighted by Crippen LogP contribution is 2.10. The van der Waals surface area contributed by atoms with Crippen LogP contribution in [0, 0.1) is 5.92 Å². The van der Waals surface area contributed by atoms with E-state index in [2.05, 4.69) is 29.5 Å². The Balaban J connectivity index is 0.00000400. The summed E-state index contributed by atoms with van der Waals surface area (Å²) in [5.74, 6) is 1.84. The molecular weight excluding hydrogens is 379 g/mol. The summed E-state index contributed by atoms with van der Waals surface area (Å²) < 4.78 is 0. The van der Waals surface area contributed by atoms with Crippen LogP contribution in [-0.2, 0) is 4.79 Å². The van der Waals surface area contributed by atoms with E-state index in [0.29, 0.717) is 12.5 Å². The van der Waals surface area contributed by atoms with Crippen molar-refractivity contribution in [1.29, 1.82) is 0 Å². The average Bonchev–Trinajstić information content (AvgIpc) is 2.89. The zero-order valence-electron chi connectivity index (χ0n) is 13.8. The molecule has 1 saturated heterocycles. The number of hydrogen-bond acceptors (Lipinski definition) is 2. The van der Waals surface area contributed by atoms with Gasteiger partial charge in [0.25, 0.3) is 0 Å². The summed E-state index contributed by atoms with van der Waals surface area (Å²) in [6, 6.07) is 0.321. The van der Waals surface area contributed by atoms with E-state index in [1.165, 1.54) is 6.42 Å². The number of halogens is 1. The summed E-state index contributed by atoms with van der Waals surface area (Å²) in [6.45, 7) is 8.99. The van der Waals surface area contributed by atoms with Crippen molar-refractivity contribution in [3.63, 3.8) is 0 Å². The van der Waals surface area contributed by atoms with Gasteiger partial charge in [-0.1, -0.05) is 20.8 Å². The Morgan fingerprint density at radius 2 is 2.14 bits per heavy atom. The second-order valence-electron chi connectivity index (χ2n) is 5.86. The molecule has 6 heteroatoms. The number of rotatable bonds is 6. The summed E-state index contributed by atoms with van der Waals surface area (Å²) >= 11 is 0. The van der Waals surface area contributed by atoms with Crippen molar-refractivity contribution >= 4 is 35.8 Å². The molecule has 0 aromatic carbocycles. The van der Waals surface area contributed by atoms with Crippen LogP contribution in [0.5, 0.6) is 0 Å². The van der Waals surface area contributed by atoms with Crippen LogP contribution >= 0.6 is 24.0 Å². The fourth-order valence-corrected chi connectivity index (χ4v) is 2.43. The second-order valence-corrected chi connectivity index (χ2v) is 5.86. The maximum atomic E-state index is 11.6. The number of amides is 1. The van der Waals surface area contributed by atoms with Crippen LogP contribution in [0.4, 0.5) is 0 Å². The number of nitrogens with one attached hydrogen (secondary N) is 2. The van der Waals surface area contributed by atoms with Crippen LogP contribution in [0.15, 0.2) is 4.99 Å². The van der Waals surface area contributed by atoms with Gasteiger partial charge in [-0.2, -0.15) is 0 Å². The Kier molecular flexibility index (Phi) is 10.8. The first-order chi connectivity index (χ1) is 9.56. The molecule has 0 spiro atoms. The molecule has 1 rings (SSSR count). The van der Waals surface area contributed by atoms with Crippen molar-refractivity contribution < 1.29 is 4.79 Å². The molecule has 0 aliphatic carbocycles. The van der Waals surface area contributed by atoms with Gasteiger partial charge < -0.3 is 15.5 Å². The molecule has 1 atom stereocenters. The highest BCUT2D eigenvalue weighted by Gasteiger charge is 2.25. The largest absolute Gasteiger partial charge is 0.356 e. The van der Waals surface area contributed by atoms with E-state index in [4.69, 9.17) is 0 Å². The molecule has 0 saturated carbocycles. The van der Waals surface area contributed by atoms with E-state index in [1.54, 1.807) is 7.05 Å². The lowest BCUT2D eigenvalue weighted by Gasteiger charge is -2.18. The van der Waals surface area contributed by atoms with Crippen LogP contribution in [0.2, 0.25) is 0 Å². The van der Waals surface area contributed by atoms with Gasteiger partial charge in [0, 0.05) is 39.1 Å². The Labute approximate surface area is 146 Å². The lowest BCUT2D eigenvalue weighted by Crippen LogP contribution is -2.45. The standard InChI is InChI=1S/C15H30N4O.HI/c1-5-14(20)19-10-8-13(11-19)18-15(16-4)17-9-6-7-12(2)3;/h12-13H,5-11H2,1-4H3,(H2,16,17,18);1H. The number of nitrogens with zero attached hydrogens (tertiary/aromatic N) is 2. The van der Waals surface area contributed by atoms with Crippen LogP contribution in [-0.4, -0.2) is 49.5 Å². The number of likely N-dealkylation sites (tertiary alicyclic amines) is 1. The van der Waals surface area contributed by atoms with E-state index >= 15 is 0 Å². The topological polar surface area (TPSA) is 56.7 Å². The van der Waals surface area contributed by atoms with Gasteiger partial charge in [-0.05, 0) is 25.2 Å². The first kappa shape index (κ1) is 20.5. The van der Waals surface area contributed by atoms with E-state index in [1.807, 2.05) is 11.8 Å². The summed E-state index contributed by atoms with van der Waals surface area (Å²) in [5.41, 5.74) is 0. The molecule has 0 bridgehead atoms. The molecule has 1 heterocycles. The number of aliphatic imine (C=N–C) groups is 1. The SMILES string of the molecule is CCC(=O)N1CCC(NC(=NC)NCCCC(C)C)C1.I. The minimum atomic E-state index is 0. The fourth-order valence-electron chi connectivity index (χ4n) is 2.43. The molecule has 0 aromatic heterocycles. The quantitative estimate of drug-likeness (QED) is 0.306. The van der Waals surface area contributed by atoms with Gasteiger partial charge in [-0.15, -0.1) is 24.0 Å². The highest BCUT2D eigenvalue weighted by molar-refractivity contribution is 14.0. The van der Waals surface area contributed by atoms with Crippen LogP contribution in [0.25, 0.3) is 0 Å². The lowest BCUT2D eigenvalue weighted by atomic mass is 10.1. The second kappa shape index (κ2) is 11.1. The van der Waals surface area contributed by atoms with Gasteiger partial charge in [0.15, 0.2) is 5.96 Å². The maximum Gasteiger partial charge on any atom is 0.222 e. The first-order valence-electron chi connectivity index (χ1n) is 7.81. The Bertz CT molecular complexity index is 334. The third-order valence-corrected chi connectivity index (χ3v) is 3.66. The summed E-state index contributed by atoms with van der Waals surface area (Å²) in [4.78, 5) is 17.8. The number of carbonyl (C=O) groups excluding carboxylic acids is 1. The Hall–Kier alpha value is -0.530. The summed E-state index contributed by atoms with van der Waals surface area (Å²) in [6.07, 6.45) is 3.98. The third-order valence-electron chi connectivity index (χ3n) is 3.66.